The van der Waals surface area contributed by atoms with E-state index in [1.165, 1.54) is 0 Å². The predicted octanol–water partition coefficient (Wildman–Crippen LogP) is 2.14. The van der Waals surface area contributed by atoms with Gasteiger partial charge in [-0.1, -0.05) is 18.2 Å². The lowest BCUT2D eigenvalue weighted by molar-refractivity contribution is 0.564. The van der Waals surface area contributed by atoms with E-state index in [1.54, 1.807) is 49.5 Å². The van der Waals surface area contributed by atoms with Crippen LogP contribution in [-0.2, 0) is 10.0 Å². The van der Waals surface area contributed by atoms with Crippen molar-refractivity contribution in [3.05, 3.63) is 59.9 Å². The van der Waals surface area contributed by atoms with Crippen LogP contribution in [-0.4, -0.2) is 13.4 Å². The van der Waals surface area contributed by atoms with Gasteiger partial charge in [-0.3, -0.25) is 4.98 Å². The van der Waals surface area contributed by atoms with E-state index in [0.717, 1.165) is 5.56 Å². The Balaban J connectivity index is 2.18. The van der Waals surface area contributed by atoms with Gasteiger partial charge >= 0.3 is 0 Å². The van der Waals surface area contributed by atoms with E-state index < -0.39 is 16.1 Å². The average Bonchev–Trinajstić information content (AvgIpc) is 2.48. The van der Waals surface area contributed by atoms with E-state index in [1.807, 2.05) is 13.0 Å². The van der Waals surface area contributed by atoms with Crippen molar-refractivity contribution in [3.8, 4) is 0 Å². The molecule has 1 aromatic carbocycles. The Morgan fingerprint density at radius 3 is 2.29 bits per heavy atom. The van der Waals surface area contributed by atoms with Crippen LogP contribution in [0.1, 0.15) is 37.2 Å². The molecule has 0 saturated heterocycles. The van der Waals surface area contributed by atoms with Crippen LogP contribution >= 0.6 is 0 Å². The molecule has 0 spiro atoms. The molecule has 6 heteroatoms. The molecule has 112 valence electrons. The molecule has 3 N–H and O–H groups in total. The maximum absolute atomic E-state index is 12.3. The van der Waals surface area contributed by atoms with Crippen LogP contribution in [0.2, 0.25) is 0 Å². The molecular weight excluding hydrogens is 286 g/mol. The summed E-state index contributed by atoms with van der Waals surface area (Å²) >= 11 is 0. The number of rotatable bonds is 5. The number of nitrogens with one attached hydrogen (secondary N) is 1. The Labute approximate surface area is 125 Å². The maximum atomic E-state index is 12.3. The summed E-state index contributed by atoms with van der Waals surface area (Å²) in [4.78, 5) is 4.37. The Morgan fingerprint density at radius 2 is 1.76 bits per heavy atom. The summed E-state index contributed by atoms with van der Waals surface area (Å²) in [5, 5.41) is 0. The largest absolute Gasteiger partial charge is 0.324 e. The van der Waals surface area contributed by atoms with Gasteiger partial charge in [-0.25, -0.2) is 13.1 Å². The van der Waals surface area contributed by atoms with Gasteiger partial charge in [0.2, 0.25) is 10.0 Å². The van der Waals surface area contributed by atoms with E-state index in [4.69, 9.17) is 5.73 Å². The SMILES string of the molecule is CC(N)c1ccc(S(=O)(=O)NC(C)c2ccccn2)cc1. The summed E-state index contributed by atoms with van der Waals surface area (Å²) in [7, 11) is -3.58. The van der Waals surface area contributed by atoms with Crippen LogP contribution in [0.5, 0.6) is 0 Å². The molecule has 0 saturated carbocycles. The van der Waals surface area contributed by atoms with Gasteiger partial charge in [-0.15, -0.1) is 0 Å². The standard InChI is InChI=1S/C15H19N3O2S/c1-11(16)13-6-8-14(9-7-13)21(19,20)18-12(2)15-5-3-4-10-17-15/h3-12,18H,16H2,1-2H3. The van der Waals surface area contributed by atoms with Crippen molar-refractivity contribution in [2.75, 3.05) is 0 Å². The molecule has 0 aliphatic rings. The summed E-state index contributed by atoms with van der Waals surface area (Å²) in [6, 6.07) is 11.5. The van der Waals surface area contributed by atoms with Crippen LogP contribution in [0.15, 0.2) is 53.6 Å². The van der Waals surface area contributed by atoms with Crippen molar-refractivity contribution < 1.29 is 8.42 Å². The van der Waals surface area contributed by atoms with Crippen molar-refractivity contribution in [2.45, 2.75) is 30.8 Å². The van der Waals surface area contributed by atoms with Gasteiger partial charge in [0.15, 0.2) is 0 Å². The number of nitrogens with zero attached hydrogens (tertiary/aromatic N) is 1. The second-order valence-electron chi connectivity index (χ2n) is 4.96. The Morgan fingerprint density at radius 1 is 1.10 bits per heavy atom. The van der Waals surface area contributed by atoms with Crippen LogP contribution in [0.3, 0.4) is 0 Å². The van der Waals surface area contributed by atoms with Crippen LogP contribution in [0, 0.1) is 0 Å². The Kier molecular flexibility index (Phi) is 4.72. The average molecular weight is 305 g/mol. The van der Waals surface area contributed by atoms with Gasteiger partial charge in [0.25, 0.3) is 0 Å². The zero-order chi connectivity index (χ0) is 15.5. The molecule has 2 rings (SSSR count). The monoisotopic (exact) mass is 305 g/mol. The minimum atomic E-state index is -3.58. The smallest absolute Gasteiger partial charge is 0.241 e. The van der Waals surface area contributed by atoms with Gasteiger partial charge in [0.1, 0.15) is 0 Å². The second kappa shape index (κ2) is 6.34. The third-order valence-corrected chi connectivity index (χ3v) is 4.74. The van der Waals surface area contributed by atoms with Crippen molar-refractivity contribution in [1.29, 1.82) is 0 Å². The fourth-order valence-corrected chi connectivity index (χ4v) is 3.16. The van der Waals surface area contributed by atoms with E-state index in [9.17, 15) is 8.42 Å². The van der Waals surface area contributed by atoms with Gasteiger partial charge in [-0.2, -0.15) is 0 Å². The summed E-state index contributed by atoms with van der Waals surface area (Å²) in [5.41, 5.74) is 7.33. The third-order valence-electron chi connectivity index (χ3n) is 3.18. The zero-order valence-electron chi connectivity index (χ0n) is 12.0. The number of nitrogens with two attached hydrogens (primary N) is 1. The summed E-state index contributed by atoms with van der Waals surface area (Å²) in [6.07, 6.45) is 1.64. The van der Waals surface area contributed by atoms with Crippen molar-refractivity contribution >= 4 is 10.0 Å². The van der Waals surface area contributed by atoms with Crippen molar-refractivity contribution in [1.82, 2.24) is 9.71 Å². The summed E-state index contributed by atoms with van der Waals surface area (Å²) in [5.74, 6) is 0. The summed E-state index contributed by atoms with van der Waals surface area (Å²) < 4.78 is 27.3. The molecule has 0 aliphatic carbocycles. The molecule has 2 atom stereocenters. The second-order valence-corrected chi connectivity index (χ2v) is 6.67. The molecule has 0 fully saturated rings. The molecular formula is C15H19N3O2S. The van der Waals surface area contributed by atoms with Gasteiger partial charge in [-0.05, 0) is 43.7 Å². The molecule has 0 amide bonds. The van der Waals surface area contributed by atoms with Crippen LogP contribution in [0.4, 0.5) is 0 Å². The molecule has 0 bridgehead atoms. The van der Waals surface area contributed by atoms with Gasteiger partial charge < -0.3 is 5.73 Å². The highest BCUT2D eigenvalue weighted by atomic mass is 32.2. The maximum Gasteiger partial charge on any atom is 0.241 e. The van der Waals surface area contributed by atoms with Crippen LogP contribution < -0.4 is 10.5 Å². The highest BCUT2D eigenvalue weighted by molar-refractivity contribution is 7.89. The molecule has 0 aliphatic heterocycles. The zero-order valence-corrected chi connectivity index (χ0v) is 12.8. The lowest BCUT2D eigenvalue weighted by atomic mass is 10.1. The topological polar surface area (TPSA) is 85.1 Å². The molecule has 1 heterocycles. The fraction of sp³-hybridized carbons (Fsp3) is 0.267. The quantitative estimate of drug-likeness (QED) is 0.886. The number of sulfonamides is 1. The molecule has 5 nitrogen and oxygen atoms in total. The Bertz CT molecular complexity index is 683. The highest BCUT2D eigenvalue weighted by Gasteiger charge is 2.19. The number of benzene rings is 1. The highest BCUT2D eigenvalue weighted by Crippen LogP contribution is 2.17. The van der Waals surface area contributed by atoms with E-state index in [2.05, 4.69) is 9.71 Å². The minimum absolute atomic E-state index is 0.123. The first-order valence-corrected chi connectivity index (χ1v) is 8.17. The molecule has 1 aromatic heterocycles. The minimum Gasteiger partial charge on any atom is -0.324 e. The lowest BCUT2D eigenvalue weighted by Crippen LogP contribution is -2.27. The lowest BCUT2D eigenvalue weighted by Gasteiger charge is -2.14. The van der Waals surface area contributed by atoms with E-state index in [0.29, 0.717) is 5.69 Å². The van der Waals surface area contributed by atoms with E-state index >= 15 is 0 Å². The van der Waals surface area contributed by atoms with E-state index in [-0.39, 0.29) is 10.9 Å². The third kappa shape index (κ3) is 3.87. The van der Waals surface area contributed by atoms with Crippen molar-refractivity contribution in [3.63, 3.8) is 0 Å². The number of hydrogen-bond donors (Lipinski definition) is 2. The normalized spacial score (nSPS) is 14.6. The first-order valence-electron chi connectivity index (χ1n) is 6.69. The number of aromatic nitrogens is 1. The van der Waals surface area contributed by atoms with Gasteiger partial charge in [0.05, 0.1) is 16.6 Å². The number of pyridine rings is 1. The van der Waals surface area contributed by atoms with Crippen molar-refractivity contribution in [2.24, 2.45) is 5.73 Å². The van der Waals surface area contributed by atoms with Crippen LogP contribution in [0.25, 0.3) is 0 Å². The summed E-state index contributed by atoms with van der Waals surface area (Å²) in [6.45, 7) is 3.61. The molecule has 2 aromatic rings. The fourth-order valence-electron chi connectivity index (χ4n) is 1.94. The molecule has 21 heavy (non-hydrogen) atoms. The first kappa shape index (κ1) is 15.6. The molecule has 2 unspecified atom stereocenters. The first-order chi connectivity index (χ1) is 9.90. The molecule has 0 radical (unpaired) electrons. The predicted molar refractivity (Wildman–Crippen MR) is 82.0 cm³/mol. The Hall–Kier alpha value is -1.76. The van der Waals surface area contributed by atoms with Gasteiger partial charge in [0, 0.05) is 12.2 Å². The number of hydrogen-bond acceptors (Lipinski definition) is 4.